The topological polar surface area (TPSA) is 192 Å². The number of rotatable bonds is 10. The summed E-state index contributed by atoms with van der Waals surface area (Å²) < 4.78 is 90.7. The van der Waals surface area contributed by atoms with Gasteiger partial charge in [-0.2, -0.15) is 13.2 Å². The maximum Gasteiger partial charge on any atom is 0.427 e. The van der Waals surface area contributed by atoms with Gasteiger partial charge < -0.3 is 34.5 Å². The molecule has 4 aliphatic rings. The first-order chi connectivity index (χ1) is 27.2. The van der Waals surface area contributed by atoms with Crippen LogP contribution in [0.1, 0.15) is 72.1 Å². The number of alkyl carbamates (subject to hydrolysis) is 1. The van der Waals surface area contributed by atoms with Gasteiger partial charge in [-0.05, 0) is 88.9 Å². The minimum atomic E-state index is -4.93. The minimum absolute atomic E-state index is 0.0814. The fourth-order valence-electron chi connectivity index (χ4n) is 7.44. The molecule has 2 saturated carbocycles. The summed E-state index contributed by atoms with van der Waals surface area (Å²) in [7, 11) is -1.18. The molecule has 1 aromatic heterocycles. The van der Waals surface area contributed by atoms with Crippen molar-refractivity contribution in [3.63, 3.8) is 0 Å². The molecule has 318 valence electrons. The fourth-order valence-corrected chi connectivity index (χ4v) is 8.76. The van der Waals surface area contributed by atoms with Gasteiger partial charge >= 0.3 is 12.3 Å². The Kier molecular flexibility index (Phi) is 12.0. The number of pyridine rings is 1. The molecule has 58 heavy (non-hydrogen) atoms. The van der Waals surface area contributed by atoms with Crippen molar-refractivity contribution in [1.29, 1.82) is 0 Å². The van der Waals surface area contributed by atoms with E-state index in [1.807, 2.05) is 6.08 Å². The van der Waals surface area contributed by atoms with Crippen molar-refractivity contribution >= 4 is 44.6 Å². The molecule has 2 aliphatic heterocycles. The standard InChI is InChI=1S/C39H50F3N5O10S/c1-36(2,39(40,41)42)57-35(51)44-30-24(22-54-4)10-8-6-7-9-11-25-20-38(25,34(50)46-58(52,53)37(3)15-16-37)45-31(48)29-19-27(21-47(29)33(30)49)56-32-28-13-12-26(55-5)18-23(28)14-17-43-32/h9,11-14,17-18,24-25,27,29-30H,6-8,10,15-16,19-22H2,1-5H3,(H,44,51)(H,45,48)(H,46,50)/b11-9-/t24-,25+,27+,29-,30-,38+/m0/s1. The van der Waals surface area contributed by atoms with Gasteiger partial charge in [-0.25, -0.2) is 18.2 Å². The Hall–Kier alpha value is -4.65. The van der Waals surface area contributed by atoms with E-state index in [2.05, 4.69) is 20.3 Å². The zero-order valence-corrected chi connectivity index (χ0v) is 33.8. The Balaban J connectivity index is 1.36. The number of methoxy groups -OCH3 is 2. The molecule has 19 heteroatoms. The molecule has 0 bridgehead atoms. The second kappa shape index (κ2) is 16.2. The van der Waals surface area contributed by atoms with Crippen molar-refractivity contribution in [3.05, 3.63) is 42.6 Å². The third-order valence-corrected chi connectivity index (χ3v) is 13.8. The van der Waals surface area contributed by atoms with Crippen LogP contribution in [0.25, 0.3) is 10.8 Å². The lowest BCUT2D eigenvalue weighted by molar-refractivity contribution is -0.244. The zero-order valence-electron chi connectivity index (χ0n) is 33.0. The van der Waals surface area contributed by atoms with E-state index in [9.17, 15) is 40.8 Å². The maximum atomic E-state index is 14.8. The molecule has 1 aromatic carbocycles. The highest BCUT2D eigenvalue weighted by molar-refractivity contribution is 7.91. The number of aromatic nitrogens is 1. The highest BCUT2D eigenvalue weighted by atomic mass is 32.2. The van der Waals surface area contributed by atoms with E-state index in [1.165, 1.54) is 27.3 Å². The third-order valence-electron chi connectivity index (χ3n) is 11.6. The number of amides is 4. The van der Waals surface area contributed by atoms with Gasteiger partial charge in [0.15, 0.2) is 0 Å². The van der Waals surface area contributed by atoms with Crippen LogP contribution in [0.15, 0.2) is 42.6 Å². The summed E-state index contributed by atoms with van der Waals surface area (Å²) in [6.07, 6.45) is 0.417. The molecule has 3 heterocycles. The summed E-state index contributed by atoms with van der Waals surface area (Å²) in [5, 5.41) is 6.48. The van der Waals surface area contributed by atoms with E-state index in [0.717, 1.165) is 10.3 Å². The molecule has 6 atom stereocenters. The summed E-state index contributed by atoms with van der Waals surface area (Å²) in [6, 6.07) is 4.11. The van der Waals surface area contributed by atoms with Gasteiger partial charge in [0, 0.05) is 36.9 Å². The van der Waals surface area contributed by atoms with Crippen molar-refractivity contribution in [1.82, 2.24) is 25.2 Å². The molecule has 15 nitrogen and oxygen atoms in total. The Bertz CT molecular complexity index is 2060. The summed E-state index contributed by atoms with van der Waals surface area (Å²) in [5.74, 6) is -3.08. The van der Waals surface area contributed by atoms with E-state index < -0.39 is 85.9 Å². The highest BCUT2D eigenvalue weighted by Gasteiger charge is 2.63. The number of allylic oxidation sites excluding steroid dienone is 1. The molecular formula is C39H50F3N5O10S. The van der Waals surface area contributed by atoms with Crippen LogP contribution in [0, 0.1) is 11.8 Å². The summed E-state index contributed by atoms with van der Waals surface area (Å²) in [4.78, 5) is 62.0. The molecule has 2 aliphatic carbocycles. The number of hydrogen-bond acceptors (Lipinski definition) is 11. The molecule has 3 fully saturated rings. The second-order valence-corrected chi connectivity index (χ2v) is 18.5. The van der Waals surface area contributed by atoms with Crippen LogP contribution in [0.4, 0.5) is 18.0 Å². The van der Waals surface area contributed by atoms with Gasteiger partial charge in [0.05, 0.1) is 25.0 Å². The first kappa shape index (κ1) is 42.9. The highest BCUT2D eigenvalue weighted by Crippen LogP contribution is 2.47. The maximum absolute atomic E-state index is 14.8. The number of nitrogens with one attached hydrogen (secondary N) is 3. The first-order valence-corrected chi connectivity index (χ1v) is 20.7. The minimum Gasteiger partial charge on any atom is -0.497 e. The fraction of sp³-hybridized carbons (Fsp3) is 0.615. The summed E-state index contributed by atoms with van der Waals surface area (Å²) >= 11 is 0. The van der Waals surface area contributed by atoms with E-state index >= 15 is 0 Å². The molecular weight excluding hydrogens is 788 g/mol. The summed E-state index contributed by atoms with van der Waals surface area (Å²) in [6.45, 7) is 2.57. The first-order valence-electron chi connectivity index (χ1n) is 19.2. The Morgan fingerprint density at radius 1 is 1.10 bits per heavy atom. The number of carbonyl (C=O) groups excluding carboxylic acids is 4. The van der Waals surface area contributed by atoms with Gasteiger partial charge in [-0.3, -0.25) is 19.1 Å². The van der Waals surface area contributed by atoms with E-state index in [4.69, 9.17) is 18.9 Å². The lowest BCUT2D eigenvalue weighted by Gasteiger charge is -2.34. The van der Waals surface area contributed by atoms with Gasteiger partial charge in [0.25, 0.3) is 5.91 Å². The largest absolute Gasteiger partial charge is 0.497 e. The van der Waals surface area contributed by atoms with Crippen LogP contribution in [0.3, 0.4) is 0 Å². The molecule has 0 spiro atoms. The predicted molar refractivity (Wildman–Crippen MR) is 203 cm³/mol. The van der Waals surface area contributed by atoms with Gasteiger partial charge in [0.2, 0.25) is 33.3 Å². The average Bonchev–Trinajstić information content (AvgIpc) is 4.03. The lowest BCUT2D eigenvalue weighted by Crippen LogP contribution is -2.60. The van der Waals surface area contributed by atoms with Crippen LogP contribution in [0.2, 0.25) is 0 Å². The van der Waals surface area contributed by atoms with Crippen LogP contribution >= 0.6 is 0 Å². The summed E-state index contributed by atoms with van der Waals surface area (Å²) in [5.41, 5.74) is -4.56. The van der Waals surface area contributed by atoms with Gasteiger partial charge in [-0.1, -0.05) is 18.6 Å². The normalized spacial score (nSPS) is 28.1. The van der Waals surface area contributed by atoms with Crippen LogP contribution in [-0.4, -0.2) is 110 Å². The van der Waals surface area contributed by atoms with Gasteiger partial charge in [0.1, 0.15) is 29.5 Å². The SMILES string of the molecule is COC[C@@H]1CCCC/C=C\[C@@H]2C[C@@]2(C(=O)NS(=O)(=O)C2(C)CC2)NC(=O)[C@@H]2C[C@@H](Oc3nccc4cc(OC)ccc34)CN2C(=O)[C@H]1NC(=O)OC(C)(C)C(F)(F)F. The Morgan fingerprint density at radius 3 is 2.52 bits per heavy atom. The third kappa shape index (κ3) is 8.84. The zero-order chi connectivity index (χ0) is 42.3. The lowest BCUT2D eigenvalue weighted by atomic mass is 9.92. The number of sulfonamides is 1. The van der Waals surface area contributed by atoms with E-state index in [0.29, 0.717) is 63.5 Å². The number of nitrogens with zero attached hydrogens (tertiary/aromatic N) is 2. The predicted octanol–water partition coefficient (Wildman–Crippen LogP) is 4.29. The second-order valence-electron chi connectivity index (χ2n) is 16.3. The molecule has 2 aromatic rings. The number of benzene rings is 1. The Labute approximate surface area is 334 Å². The van der Waals surface area contributed by atoms with Gasteiger partial charge in [-0.15, -0.1) is 0 Å². The van der Waals surface area contributed by atoms with Crippen LogP contribution in [0.5, 0.6) is 11.6 Å². The number of ether oxygens (including phenoxy) is 4. The van der Waals surface area contributed by atoms with Crippen LogP contribution in [-0.2, 0) is 33.9 Å². The number of hydrogen-bond donors (Lipinski definition) is 3. The van der Waals surface area contributed by atoms with E-state index in [-0.39, 0.29) is 31.9 Å². The molecule has 6 rings (SSSR count). The van der Waals surface area contributed by atoms with Crippen molar-refractivity contribution in [2.45, 2.75) is 112 Å². The molecule has 3 N–H and O–H groups in total. The molecule has 0 radical (unpaired) electrons. The van der Waals surface area contributed by atoms with Crippen molar-refractivity contribution in [2.24, 2.45) is 11.8 Å². The smallest absolute Gasteiger partial charge is 0.427 e. The average molecular weight is 838 g/mol. The number of halogens is 3. The Morgan fingerprint density at radius 2 is 1.84 bits per heavy atom. The number of carbonyl (C=O) groups is 4. The quantitative estimate of drug-likeness (QED) is 0.290. The number of fused-ring (bicyclic) bond motifs is 3. The van der Waals surface area contributed by atoms with Crippen molar-refractivity contribution in [3.8, 4) is 11.6 Å². The molecule has 0 unspecified atom stereocenters. The molecule has 4 amide bonds. The monoisotopic (exact) mass is 837 g/mol. The van der Waals surface area contributed by atoms with Crippen LogP contribution < -0.4 is 24.8 Å². The van der Waals surface area contributed by atoms with Crippen molar-refractivity contribution < 1.29 is 59.7 Å². The van der Waals surface area contributed by atoms with E-state index in [1.54, 1.807) is 30.3 Å². The van der Waals surface area contributed by atoms with Crippen molar-refractivity contribution in [2.75, 3.05) is 27.4 Å². The number of alkyl halides is 3. The molecule has 1 saturated heterocycles.